The number of hydrogen-bond acceptors (Lipinski definition) is 3. The van der Waals surface area contributed by atoms with E-state index in [0.29, 0.717) is 12.0 Å². The summed E-state index contributed by atoms with van der Waals surface area (Å²) in [5, 5.41) is 2.51. The highest BCUT2D eigenvalue weighted by molar-refractivity contribution is 7.92. The molecule has 0 radical (unpaired) electrons. The second-order valence-corrected chi connectivity index (χ2v) is 9.08. The first-order valence-electron chi connectivity index (χ1n) is 8.53. The molecule has 0 fully saturated rings. The van der Waals surface area contributed by atoms with Gasteiger partial charge in [0, 0.05) is 7.05 Å². The Morgan fingerprint density at radius 2 is 1.62 bits per heavy atom. The van der Waals surface area contributed by atoms with Gasteiger partial charge < -0.3 is 5.32 Å². The highest BCUT2D eigenvalue weighted by Crippen LogP contribution is 2.22. The van der Waals surface area contributed by atoms with E-state index in [1.807, 2.05) is 24.3 Å². The molecule has 0 atom stereocenters. The van der Waals surface area contributed by atoms with Crippen molar-refractivity contribution in [3.8, 4) is 0 Å². The summed E-state index contributed by atoms with van der Waals surface area (Å²) in [7, 11) is -2.06. The van der Waals surface area contributed by atoms with Crippen molar-refractivity contribution in [1.29, 1.82) is 0 Å². The van der Waals surface area contributed by atoms with Gasteiger partial charge in [0.25, 0.3) is 5.91 Å². The van der Waals surface area contributed by atoms with Gasteiger partial charge in [-0.2, -0.15) is 0 Å². The number of para-hydroxylation sites is 1. The number of anilines is 1. The number of amides is 1. The van der Waals surface area contributed by atoms with Crippen LogP contribution < -0.4 is 10.0 Å². The van der Waals surface area contributed by atoms with Gasteiger partial charge in [-0.1, -0.05) is 57.2 Å². The Labute approximate surface area is 155 Å². The van der Waals surface area contributed by atoms with E-state index in [0.717, 1.165) is 5.56 Å². The first-order chi connectivity index (χ1) is 12.1. The minimum atomic E-state index is -3.57. The predicted octanol–water partition coefficient (Wildman–Crippen LogP) is 3.33. The third-order valence-electron chi connectivity index (χ3n) is 4.14. The largest absolute Gasteiger partial charge is 0.355 e. The van der Waals surface area contributed by atoms with E-state index in [-0.39, 0.29) is 22.8 Å². The fraction of sp³-hybridized carbons (Fsp3) is 0.350. The lowest BCUT2D eigenvalue weighted by atomic mass is 9.86. The molecule has 2 rings (SSSR count). The van der Waals surface area contributed by atoms with Crippen molar-refractivity contribution < 1.29 is 13.2 Å². The average molecular weight is 375 g/mol. The van der Waals surface area contributed by atoms with Crippen molar-refractivity contribution >= 4 is 21.6 Å². The molecule has 0 saturated carbocycles. The van der Waals surface area contributed by atoms with E-state index in [1.165, 1.54) is 12.6 Å². The normalized spacial score (nSPS) is 11.8. The van der Waals surface area contributed by atoms with E-state index >= 15 is 0 Å². The second-order valence-electron chi connectivity index (χ2n) is 7.24. The zero-order valence-corrected chi connectivity index (χ0v) is 16.5. The molecule has 0 spiro atoms. The zero-order valence-electron chi connectivity index (χ0n) is 15.7. The van der Waals surface area contributed by atoms with Crippen molar-refractivity contribution in [3.63, 3.8) is 0 Å². The van der Waals surface area contributed by atoms with Crippen LogP contribution in [0, 0.1) is 0 Å². The monoisotopic (exact) mass is 374 g/mol. The number of carbonyl (C=O) groups is 1. The molecule has 5 nitrogen and oxygen atoms in total. The van der Waals surface area contributed by atoms with Crippen molar-refractivity contribution in [2.45, 2.75) is 32.6 Å². The highest BCUT2D eigenvalue weighted by Gasteiger charge is 2.17. The van der Waals surface area contributed by atoms with Crippen LogP contribution in [0.25, 0.3) is 0 Å². The molecule has 26 heavy (non-hydrogen) atoms. The number of nitrogens with one attached hydrogen (secondary N) is 2. The number of benzene rings is 2. The van der Waals surface area contributed by atoms with Gasteiger partial charge in [0.05, 0.1) is 17.0 Å². The first kappa shape index (κ1) is 20.0. The molecule has 2 N–H and O–H groups in total. The average Bonchev–Trinajstić information content (AvgIpc) is 2.59. The Morgan fingerprint density at radius 3 is 2.19 bits per heavy atom. The summed E-state index contributed by atoms with van der Waals surface area (Å²) in [6.07, 6.45) is 0.405. The fourth-order valence-electron chi connectivity index (χ4n) is 2.55. The van der Waals surface area contributed by atoms with Crippen LogP contribution in [0.15, 0.2) is 48.5 Å². The van der Waals surface area contributed by atoms with Gasteiger partial charge in [-0.05, 0) is 35.1 Å². The first-order valence-corrected chi connectivity index (χ1v) is 10.2. The Morgan fingerprint density at radius 1 is 1.00 bits per heavy atom. The summed E-state index contributed by atoms with van der Waals surface area (Å²) in [5.74, 6) is -0.384. The van der Waals surface area contributed by atoms with Gasteiger partial charge in [-0.3, -0.25) is 9.52 Å². The molecular weight excluding hydrogens is 348 g/mol. The van der Waals surface area contributed by atoms with Gasteiger partial charge >= 0.3 is 0 Å². The SMILES string of the molecule is CNC(=O)c1ccccc1NS(=O)(=O)CCc1ccc(C(C)(C)C)cc1. The lowest BCUT2D eigenvalue weighted by Gasteiger charge is -2.19. The Kier molecular flexibility index (Phi) is 6.08. The number of hydrogen-bond donors (Lipinski definition) is 2. The standard InChI is InChI=1S/C20H26N2O3S/c1-20(2,3)16-11-9-15(10-12-16)13-14-26(24,25)22-18-8-6-5-7-17(18)19(23)21-4/h5-12,22H,13-14H2,1-4H3,(H,21,23). The minimum Gasteiger partial charge on any atom is -0.355 e. The Bertz CT molecular complexity index is 867. The summed E-state index contributed by atoms with van der Waals surface area (Å²) in [4.78, 5) is 11.9. The summed E-state index contributed by atoms with van der Waals surface area (Å²) in [6, 6.07) is 14.6. The third kappa shape index (κ3) is 5.33. The summed E-state index contributed by atoms with van der Waals surface area (Å²) < 4.78 is 27.4. The molecule has 0 heterocycles. The molecular formula is C20H26N2O3S. The molecule has 6 heteroatoms. The van der Waals surface area contributed by atoms with E-state index in [1.54, 1.807) is 24.3 Å². The van der Waals surface area contributed by atoms with Crippen LogP contribution in [-0.2, 0) is 21.9 Å². The number of aryl methyl sites for hydroxylation is 1. The Balaban J connectivity index is 2.07. The van der Waals surface area contributed by atoms with Gasteiger partial charge in [0.2, 0.25) is 10.0 Å². The molecule has 1 amide bonds. The molecule has 0 aliphatic heterocycles. The minimum absolute atomic E-state index is 0.0516. The smallest absolute Gasteiger partial charge is 0.253 e. The van der Waals surface area contributed by atoms with Crippen LogP contribution in [-0.4, -0.2) is 27.1 Å². The Hall–Kier alpha value is -2.34. The van der Waals surface area contributed by atoms with Crippen LogP contribution in [0.4, 0.5) is 5.69 Å². The van der Waals surface area contributed by atoms with Gasteiger partial charge in [-0.25, -0.2) is 8.42 Å². The quantitative estimate of drug-likeness (QED) is 0.814. The van der Waals surface area contributed by atoms with Crippen molar-refractivity contribution in [2.75, 3.05) is 17.5 Å². The topological polar surface area (TPSA) is 75.3 Å². The lowest BCUT2D eigenvalue weighted by Crippen LogP contribution is -2.23. The molecule has 0 bridgehead atoms. The van der Waals surface area contributed by atoms with Gasteiger partial charge in [0.1, 0.15) is 0 Å². The van der Waals surface area contributed by atoms with Crippen molar-refractivity contribution in [3.05, 3.63) is 65.2 Å². The van der Waals surface area contributed by atoms with Crippen LogP contribution in [0.1, 0.15) is 42.3 Å². The van der Waals surface area contributed by atoms with E-state index in [4.69, 9.17) is 0 Å². The molecule has 140 valence electrons. The van der Waals surface area contributed by atoms with Crippen LogP contribution >= 0.6 is 0 Å². The number of sulfonamides is 1. The molecule has 2 aromatic carbocycles. The molecule has 2 aromatic rings. The van der Waals surface area contributed by atoms with Crippen molar-refractivity contribution in [2.24, 2.45) is 0 Å². The van der Waals surface area contributed by atoms with Crippen LogP contribution in [0.2, 0.25) is 0 Å². The maximum absolute atomic E-state index is 12.4. The van der Waals surface area contributed by atoms with Crippen LogP contribution in [0.5, 0.6) is 0 Å². The number of rotatable bonds is 6. The molecule has 0 aromatic heterocycles. The molecule has 0 aliphatic rings. The maximum Gasteiger partial charge on any atom is 0.253 e. The lowest BCUT2D eigenvalue weighted by molar-refractivity contribution is 0.0964. The molecule has 0 saturated heterocycles. The van der Waals surface area contributed by atoms with Crippen LogP contribution in [0.3, 0.4) is 0 Å². The molecule has 0 aliphatic carbocycles. The predicted molar refractivity (Wildman–Crippen MR) is 106 cm³/mol. The summed E-state index contributed by atoms with van der Waals surface area (Å²) in [5.41, 5.74) is 2.82. The maximum atomic E-state index is 12.4. The summed E-state index contributed by atoms with van der Waals surface area (Å²) in [6.45, 7) is 6.42. The van der Waals surface area contributed by atoms with E-state index in [2.05, 4.69) is 30.8 Å². The van der Waals surface area contributed by atoms with Crippen molar-refractivity contribution in [1.82, 2.24) is 5.32 Å². The van der Waals surface area contributed by atoms with E-state index in [9.17, 15) is 13.2 Å². The second kappa shape index (κ2) is 7.91. The third-order valence-corrected chi connectivity index (χ3v) is 5.42. The summed E-state index contributed by atoms with van der Waals surface area (Å²) >= 11 is 0. The molecule has 0 unspecified atom stereocenters. The van der Waals surface area contributed by atoms with Gasteiger partial charge in [-0.15, -0.1) is 0 Å². The van der Waals surface area contributed by atoms with E-state index < -0.39 is 10.0 Å². The number of carbonyl (C=O) groups excluding carboxylic acids is 1. The highest BCUT2D eigenvalue weighted by atomic mass is 32.2. The van der Waals surface area contributed by atoms with Gasteiger partial charge in [0.15, 0.2) is 0 Å². The zero-order chi connectivity index (χ0) is 19.4. The fourth-order valence-corrected chi connectivity index (χ4v) is 3.67.